The molecule has 0 saturated heterocycles. The number of anilines is 2. The highest BCUT2D eigenvalue weighted by atomic mass is 16.5. The number of fused-ring (bicyclic) bond motifs is 1. The lowest BCUT2D eigenvalue weighted by Crippen LogP contribution is -2.08. The van der Waals surface area contributed by atoms with Gasteiger partial charge in [0.05, 0.1) is 7.11 Å². The molecule has 2 N–H and O–H groups in total. The van der Waals surface area contributed by atoms with E-state index in [1.54, 1.807) is 19.2 Å². The van der Waals surface area contributed by atoms with E-state index < -0.39 is 5.63 Å². The largest absolute Gasteiger partial charge is 0.497 e. The minimum Gasteiger partial charge on any atom is -0.497 e. The van der Waals surface area contributed by atoms with Gasteiger partial charge in [0.2, 0.25) is 5.91 Å². The second kappa shape index (κ2) is 7.09. The van der Waals surface area contributed by atoms with E-state index in [4.69, 9.17) is 9.15 Å². The molecular weight excluding hydrogens is 320 g/mol. The minimum absolute atomic E-state index is 0.183. The maximum absolute atomic E-state index is 11.8. The highest BCUT2D eigenvalue weighted by Gasteiger charge is 2.08. The van der Waals surface area contributed by atoms with E-state index in [9.17, 15) is 9.59 Å². The summed E-state index contributed by atoms with van der Waals surface area (Å²) in [5.41, 5.74) is 2.27. The summed E-state index contributed by atoms with van der Waals surface area (Å²) < 4.78 is 10.5. The molecule has 0 aliphatic heterocycles. The number of methoxy groups -OCH3 is 1. The number of ether oxygens (including phenoxy) is 1. The lowest BCUT2D eigenvalue weighted by molar-refractivity contribution is -0.114. The van der Waals surface area contributed by atoms with Gasteiger partial charge in [0.1, 0.15) is 11.3 Å². The van der Waals surface area contributed by atoms with Gasteiger partial charge in [0, 0.05) is 48.4 Å². The summed E-state index contributed by atoms with van der Waals surface area (Å²) in [7, 11) is 1.61. The van der Waals surface area contributed by atoms with Crippen molar-refractivity contribution < 1.29 is 13.9 Å². The predicted octanol–water partition coefficient (Wildman–Crippen LogP) is 3.37. The fraction of sp³-hybridized carbons (Fsp3) is 0.158. The zero-order valence-corrected chi connectivity index (χ0v) is 14.0. The zero-order chi connectivity index (χ0) is 17.8. The molecule has 25 heavy (non-hydrogen) atoms. The van der Waals surface area contributed by atoms with Crippen LogP contribution >= 0.6 is 0 Å². The van der Waals surface area contributed by atoms with Gasteiger partial charge in [0.25, 0.3) is 0 Å². The van der Waals surface area contributed by atoms with Gasteiger partial charge in [-0.25, -0.2) is 4.79 Å². The van der Waals surface area contributed by atoms with Crippen LogP contribution in [-0.4, -0.2) is 13.0 Å². The summed E-state index contributed by atoms with van der Waals surface area (Å²) in [5.74, 6) is 0.569. The second-order valence-corrected chi connectivity index (χ2v) is 5.57. The van der Waals surface area contributed by atoms with Crippen LogP contribution in [0, 0.1) is 0 Å². The molecular formula is C19H18N2O4. The Morgan fingerprint density at radius 1 is 1.12 bits per heavy atom. The molecule has 128 valence electrons. The molecule has 1 heterocycles. The number of nitrogens with one attached hydrogen (secondary N) is 2. The summed E-state index contributed by atoms with van der Waals surface area (Å²) in [6, 6.07) is 14.3. The molecule has 0 saturated carbocycles. The number of carbonyl (C=O) groups is 1. The van der Waals surface area contributed by atoms with E-state index in [1.165, 1.54) is 13.0 Å². The summed E-state index contributed by atoms with van der Waals surface area (Å²) >= 11 is 0. The lowest BCUT2D eigenvalue weighted by Gasteiger charge is -2.10. The quantitative estimate of drug-likeness (QED) is 0.697. The first kappa shape index (κ1) is 16.6. The Hall–Kier alpha value is -3.28. The van der Waals surface area contributed by atoms with Crippen LogP contribution in [0.2, 0.25) is 0 Å². The monoisotopic (exact) mass is 338 g/mol. The van der Waals surface area contributed by atoms with Gasteiger partial charge < -0.3 is 19.8 Å². The first-order valence-electron chi connectivity index (χ1n) is 7.77. The van der Waals surface area contributed by atoms with Gasteiger partial charge in [-0.3, -0.25) is 4.79 Å². The molecule has 0 atom stereocenters. The van der Waals surface area contributed by atoms with Gasteiger partial charge in [-0.05, 0) is 29.8 Å². The van der Waals surface area contributed by atoms with E-state index in [2.05, 4.69) is 10.6 Å². The molecule has 0 aliphatic rings. The van der Waals surface area contributed by atoms with E-state index in [0.717, 1.165) is 22.4 Å². The topological polar surface area (TPSA) is 80.6 Å². The Balaban J connectivity index is 1.90. The van der Waals surface area contributed by atoms with E-state index in [-0.39, 0.29) is 5.91 Å². The summed E-state index contributed by atoms with van der Waals surface area (Å²) in [5, 5.41) is 6.76. The van der Waals surface area contributed by atoms with Crippen molar-refractivity contribution in [2.24, 2.45) is 0 Å². The van der Waals surface area contributed by atoms with Gasteiger partial charge >= 0.3 is 5.63 Å². The molecule has 1 amide bonds. The van der Waals surface area contributed by atoms with Crippen molar-refractivity contribution >= 4 is 28.3 Å². The molecule has 1 aromatic heterocycles. The fourth-order valence-electron chi connectivity index (χ4n) is 2.59. The standard InChI is InChI=1S/C19H18N2O4/c1-12(22)21-15-6-7-17-13(8-19(23)25-18(17)10-15)11-20-14-4-3-5-16(9-14)24-2/h3-10,20H,11H2,1-2H3,(H,21,22). The molecule has 6 heteroatoms. The Kier molecular flexibility index (Phi) is 4.70. The Labute approximate surface area is 144 Å². The molecule has 6 nitrogen and oxygen atoms in total. The Morgan fingerprint density at radius 2 is 1.96 bits per heavy atom. The lowest BCUT2D eigenvalue weighted by atomic mass is 10.1. The third-order valence-corrected chi connectivity index (χ3v) is 3.70. The van der Waals surface area contributed by atoms with Crippen LogP contribution in [0.4, 0.5) is 11.4 Å². The molecule has 3 rings (SSSR count). The SMILES string of the molecule is COc1cccc(NCc2cc(=O)oc3cc(NC(C)=O)ccc23)c1. The van der Waals surface area contributed by atoms with Crippen molar-refractivity contribution in [3.8, 4) is 5.75 Å². The summed E-state index contributed by atoms with van der Waals surface area (Å²) in [6.45, 7) is 1.88. The van der Waals surface area contributed by atoms with Crippen LogP contribution < -0.4 is 21.0 Å². The van der Waals surface area contributed by atoms with Crippen LogP contribution in [0.25, 0.3) is 11.0 Å². The van der Waals surface area contributed by atoms with Gasteiger partial charge in [-0.2, -0.15) is 0 Å². The predicted molar refractivity (Wildman–Crippen MR) is 97.1 cm³/mol. The van der Waals surface area contributed by atoms with Crippen LogP contribution in [0.15, 0.2) is 57.7 Å². The number of rotatable bonds is 5. The van der Waals surface area contributed by atoms with Crippen molar-refractivity contribution in [1.82, 2.24) is 0 Å². The third-order valence-electron chi connectivity index (χ3n) is 3.70. The van der Waals surface area contributed by atoms with Crippen LogP contribution in [0.5, 0.6) is 5.75 Å². The van der Waals surface area contributed by atoms with E-state index >= 15 is 0 Å². The number of carbonyl (C=O) groups excluding carboxylic acids is 1. The molecule has 3 aromatic rings. The highest BCUT2D eigenvalue weighted by molar-refractivity contribution is 5.92. The average molecular weight is 338 g/mol. The fourth-order valence-corrected chi connectivity index (χ4v) is 2.59. The second-order valence-electron chi connectivity index (χ2n) is 5.57. The van der Waals surface area contributed by atoms with Crippen LogP contribution in [0.1, 0.15) is 12.5 Å². The molecule has 0 radical (unpaired) electrons. The van der Waals surface area contributed by atoms with Gasteiger partial charge in [-0.15, -0.1) is 0 Å². The van der Waals surface area contributed by atoms with Crippen molar-refractivity contribution in [2.45, 2.75) is 13.5 Å². The number of hydrogen-bond acceptors (Lipinski definition) is 5. The summed E-state index contributed by atoms with van der Waals surface area (Å²) in [4.78, 5) is 23.0. The number of amides is 1. The van der Waals surface area contributed by atoms with Crippen molar-refractivity contribution in [2.75, 3.05) is 17.7 Å². The van der Waals surface area contributed by atoms with Gasteiger partial charge in [-0.1, -0.05) is 6.07 Å². The molecule has 0 bridgehead atoms. The Morgan fingerprint density at radius 3 is 2.72 bits per heavy atom. The zero-order valence-electron chi connectivity index (χ0n) is 14.0. The maximum atomic E-state index is 11.8. The first-order valence-corrected chi connectivity index (χ1v) is 7.77. The molecule has 0 fully saturated rings. The molecule has 2 aromatic carbocycles. The normalized spacial score (nSPS) is 10.5. The van der Waals surface area contributed by atoms with E-state index in [1.807, 2.05) is 30.3 Å². The van der Waals surface area contributed by atoms with Crippen molar-refractivity contribution in [1.29, 1.82) is 0 Å². The molecule has 0 spiro atoms. The molecule has 0 aliphatic carbocycles. The number of hydrogen-bond donors (Lipinski definition) is 2. The van der Waals surface area contributed by atoms with E-state index in [0.29, 0.717) is 17.8 Å². The molecule has 0 unspecified atom stereocenters. The van der Waals surface area contributed by atoms with Crippen LogP contribution in [0.3, 0.4) is 0 Å². The average Bonchev–Trinajstić information content (AvgIpc) is 2.59. The smallest absolute Gasteiger partial charge is 0.336 e. The van der Waals surface area contributed by atoms with Crippen LogP contribution in [-0.2, 0) is 11.3 Å². The van der Waals surface area contributed by atoms with Gasteiger partial charge in [0.15, 0.2) is 0 Å². The minimum atomic E-state index is -0.435. The van der Waals surface area contributed by atoms with Crippen molar-refractivity contribution in [3.05, 3.63) is 64.5 Å². The highest BCUT2D eigenvalue weighted by Crippen LogP contribution is 2.23. The number of benzene rings is 2. The van der Waals surface area contributed by atoms with Crippen molar-refractivity contribution in [3.63, 3.8) is 0 Å². The first-order chi connectivity index (χ1) is 12.0. The third kappa shape index (κ3) is 3.98. The Bertz CT molecular complexity index is 979. The maximum Gasteiger partial charge on any atom is 0.336 e. The summed E-state index contributed by atoms with van der Waals surface area (Å²) in [6.07, 6.45) is 0.